The van der Waals surface area contributed by atoms with E-state index in [0.717, 1.165) is 12.5 Å². The summed E-state index contributed by atoms with van der Waals surface area (Å²) in [7, 11) is 0. The minimum atomic E-state index is -4.75. The Bertz CT molecular complexity index is 420. The lowest BCUT2D eigenvalue weighted by Gasteiger charge is -2.16. The Kier molecular flexibility index (Phi) is 5.67. The smallest absolute Gasteiger partial charge is 0.388 e. The van der Waals surface area contributed by atoms with E-state index in [1.807, 2.05) is 13.8 Å². The van der Waals surface area contributed by atoms with Crippen LogP contribution in [0.15, 0.2) is 18.2 Å². The number of alkyl halides is 3. The van der Waals surface area contributed by atoms with Crippen LogP contribution in [0.1, 0.15) is 37.5 Å². The molecule has 0 aromatic heterocycles. The van der Waals surface area contributed by atoms with Gasteiger partial charge in [0.1, 0.15) is 5.82 Å². The number of halogens is 4. The predicted molar refractivity (Wildman–Crippen MR) is 68.6 cm³/mol. The van der Waals surface area contributed by atoms with E-state index < -0.39 is 23.7 Å². The highest BCUT2D eigenvalue weighted by Gasteiger charge is 2.34. The Morgan fingerprint density at radius 1 is 1.32 bits per heavy atom. The molecule has 0 heterocycles. The number of aliphatic hydroxyl groups excluding tert-OH is 1. The minimum Gasteiger partial charge on any atom is -0.388 e. The molecule has 1 nitrogen and oxygen atoms in total. The molecule has 0 saturated carbocycles. The SMILES string of the molecule is CCC(C)SCC(O)c1ccc(F)c(C(F)(F)F)c1. The number of hydrogen-bond acceptors (Lipinski definition) is 2. The first-order chi connectivity index (χ1) is 8.75. The molecule has 0 aliphatic carbocycles. The zero-order chi connectivity index (χ0) is 14.6. The first kappa shape index (κ1) is 16.3. The van der Waals surface area contributed by atoms with Gasteiger partial charge in [-0.05, 0) is 24.1 Å². The predicted octanol–water partition coefficient (Wildman–Crippen LogP) is 4.41. The van der Waals surface area contributed by atoms with Crippen molar-refractivity contribution in [2.24, 2.45) is 0 Å². The van der Waals surface area contributed by atoms with Crippen LogP contribution in [0.4, 0.5) is 17.6 Å². The Hall–Kier alpha value is -0.750. The Morgan fingerprint density at radius 3 is 2.47 bits per heavy atom. The lowest BCUT2D eigenvalue weighted by molar-refractivity contribution is -0.140. The van der Waals surface area contributed by atoms with Crippen molar-refractivity contribution in [2.45, 2.75) is 37.8 Å². The zero-order valence-electron chi connectivity index (χ0n) is 10.7. The van der Waals surface area contributed by atoms with Crippen LogP contribution >= 0.6 is 11.8 Å². The highest BCUT2D eigenvalue weighted by molar-refractivity contribution is 7.99. The van der Waals surface area contributed by atoms with Crippen LogP contribution in [0.3, 0.4) is 0 Å². The second-order valence-corrected chi connectivity index (χ2v) is 5.78. The van der Waals surface area contributed by atoms with Gasteiger partial charge in [-0.1, -0.05) is 19.9 Å². The fraction of sp³-hybridized carbons (Fsp3) is 0.538. The van der Waals surface area contributed by atoms with E-state index in [2.05, 4.69) is 0 Å². The molecule has 19 heavy (non-hydrogen) atoms. The number of thioether (sulfide) groups is 1. The average molecular weight is 296 g/mol. The van der Waals surface area contributed by atoms with Crippen LogP contribution in [-0.2, 0) is 6.18 Å². The van der Waals surface area contributed by atoms with Crippen molar-refractivity contribution in [1.82, 2.24) is 0 Å². The molecule has 0 radical (unpaired) electrons. The molecule has 2 atom stereocenters. The van der Waals surface area contributed by atoms with Crippen LogP contribution in [-0.4, -0.2) is 16.1 Å². The molecule has 1 rings (SSSR count). The van der Waals surface area contributed by atoms with Gasteiger partial charge >= 0.3 is 6.18 Å². The van der Waals surface area contributed by atoms with Crippen LogP contribution < -0.4 is 0 Å². The summed E-state index contributed by atoms with van der Waals surface area (Å²) in [4.78, 5) is 0. The maximum absolute atomic E-state index is 13.1. The largest absolute Gasteiger partial charge is 0.419 e. The Morgan fingerprint density at radius 2 is 1.95 bits per heavy atom. The van der Waals surface area contributed by atoms with Gasteiger partial charge in [-0.25, -0.2) is 4.39 Å². The topological polar surface area (TPSA) is 20.2 Å². The lowest BCUT2D eigenvalue weighted by Crippen LogP contribution is -2.11. The molecule has 0 amide bonds. The first-order valence-electron chi connectivity index (χ1n) is 5.92. The molecular formula is C13H16F4OS. The van der Waals surface area contributed by atoms with Gasteiger partial charge in [0.05, 0.1) is 11.7 Å². The lowest BCUT2D eigenvalue weighted by atomic mass is 10.1. The molecule has 108 valence electrons. The van der Waals surface area contributed by atoms with Crippen molar-refractivity contribution >= 4 is 11.8 Å². The number of aliphatic hydroxyl groups is 1. The standard InChI is InChI=1S/C13H16F4OS/c1-3-8(2)19-7-12(18)9-4-5-11(14)10(6-9)13(15,16)17/h4-6,8,12,18H,3,7H2,1-2H3. The van der Waals surface area contributed by atoms with Crippen molar-refractivity contribution in [3.8, 4) is 0 Å². The van der Waals surface area contributed by atoms with Gasteiger partial charge in [-0.2, -0.15) is 24.9 Å². The maximum atomic E-state index is 13.1. The molecule has 0 aliphatic heterocycles. The minimum absolute atomic E-state index is 0.0875. The van der Waals surface area contributed by atoms with Crippen LogP contribution in [0.2, 0.25) is 0 Å². The second kappa shape index (κ2) is 6.61. The summed E-state index contributed by atoms with van der Waals surface area (Å²) < 4.78 is 50.7. The van der Waals surface area contributed by atoms with E-state index in [0.29, 0.717) is 11.3 Å². The number of hydrogen-bond donors (Lipinski definition) is 1. The Labute approximate surface area is 114 Å². The van der Waals surface area contributed by atoms with E-state index in [1.54, 1.807) is 0 Å². The molecule has 1 N–H and O–H groups in total. The third-order valence-corrected chi connectivity index (χ3v) is 4.20. The Balaban J connectivity index is 2.84. The van der Waals surface area contributed by atoms with Gasteiger partial charge in [0.25, 0.3) is 0 Å². The molecule has 0 saturated heterocycles. The van der Waals surface area contributed by atoms with E-state index in [1.165, 1.54) is 17.8 Å². The number of benzene rings is 1. The molecule has 0 fully saturated rings. The van der Waals surface area contributed by atoms with Crippen molar-refractivity contribution in [3.05, 3.63) is 35.1 Å². The third-order valence-electron chi connectivity index (χ3n) is 2.79. The van der Waals surface area contributed by atoms with E-state index in [4.69, 9.17) is 0 Å². The van der Waals surface area contributed by atoms with E-state index in [9.17, 15) is 22.7 Å². The molecular weight excluding hydrogens is 280 g/mol. The summed E-state index contributed by atoms with van der Waals surface area (Å²) in [6.07, 6.45) is -4.86. The normalized spacial score (nSPS) is 15.3. The molecule has 0 bridgehead atoms. The highest BCUT2D eigenvalue weighted by Crippen LogP contribution is 2.33. The highest BCUT2D eigenvalue weighted by atomic mass is 32.2. The van der Waals surface area contributed by atoms with Gasteiger partial charge < -0.3 is 5.11 Å². The van der Waals surface area contributed by atoms with Crippen LogP contribution in [0.25, 0.3) is 0 Å². The third kappa shape index (κ3) is 4.69. The molecule has 1 aromatic carbocycles. The quantitative estimate of drug-likeness (QED) is 0.812. The van der Waals surface area contributed by atoms with Crippen LogP contribution in [0, 0.1) is 5.82 Å². The second-order valence-electron chi connectivity index (χ2n) is 4.31. The zero-order valence-corrected chi connectivity index (χ0v) is 11.5. The monoisotopic (exact) mass is 296 g/mol. The summed E-state index contributed by atoms with van der Waals surface area (Å²) in [6.45, 7) is 3.97. The summed E-state index contributed by atoms with van der Waals surface area (Å²) in [6, 6.07) is 2.61. The first-order valence-corrected chi connectivity index (χ1v) is 6.96. The van der Waals surface area contributed by atoms with Gasteiger partial charge in [0.2, 0.25) is 0 Å². The van der Waals surface area contributed by atoms with Crippen molar-refractivity contribution < 1.29 is 22.7 Å². The van der Waals surface area contributed by atoms with Crippen molar-refractivity contribution in [2.75, 3.05) is 5.75 Å². The maximum Gasteiger partial charge on any atom is 0.419 e. The van der Waals surface area contributed by atoms with Gasteiger partial charge in [0, 0.05) is 11.0 Å². The molecule has 6 heteroatoms. The molecule has 1 aromatic rings. The molecule has 0 spiro atoms. The summed E-state index contributed by atoms with van der Waals surface area (Å²) in [5.74, 6) is -1.03. The van der Waals surface area contributed by atoms with Crippen molar-refractivity contribution in [1.29, 1.82) is 0 Å². The van der Waals surface area contributed by atoms with E-state index in [-0.39, 0.29) is 11.3 Å². The summed E-state index contributed by atoms with van der Waals surface area (Å²) in [5.41, 5.74) is -1.25. The summed E-state index contributed by atoms with van der Waals surface area (Å²) in [5, 5.41) is 10.2. The average Bonchev–Trinajstić information content (AvgIpc) is 2.34. The summed E-state index contributed by atoms with van der Waals surface area (Å²) >= 11 is 1.47. The van der Waals surface area contributed by atoms with Crippen LogP contribution in [0.5, 0.6) is 0 Å². The fourth-order valence-corrected chi connectivity index (χ4v) is 2.38. The van der Waals surface area contributed by atoms with Crippen molar-refractivity contribution in [3.63, 3.8) is 0 Å². The van der Waals surface area contributed by atoms with E-state index >= 15 is 0 Å². The van der Waals surface area contributed by atoms with Gasteiger partial charge in [-0.3, -0.25) is 0 Å². The van der Waals surface area contributed by atoms with Gasteiger partial charge in [-0.15, -0.1) is 0 Å². The van der Waals surface area contributed by atoms with Gasteiger partial charge in [0.15, 0.2) is 0 Å². The number of rotatable bonds is 5. The fourth-order valence-electron chi connectivity index (χ4n) is 1.44. The molecule has 2 unspecified atom stereocenters. The molecule has 0 aliphatic rings.